The number of hydrogen-bond donors (Lipinski definition) is 1. The van der Waals surface area contributed by atoms with Gasteiger partial charge in [0.15, 0.2) is 0 Å². The van der Waals surface area contributed by atoms with Crippen molar-refractivity contribution in [3.63, 3.8) is 0 Å². The van der Waals surface area contributed by atoms with Crippen LogP contribution in [0.1, 0.15) is 40.0 Å². The van der Waals surface area contributed by atoms with Crippen molar-refractivity contribution in [2.24, 2.45) is 0 Å². The number of rotatable bonds is 8. The molecule has 0 saturated heterocycles. The fourth-order valence-electron chi connectivity index (χ4n) is 1.02. The van der Waals surface area contributed by atoms with E-state index in [0.29, 0.717) is 6.10 Å². The molecule has 0 saturated carbocycles. The highest BCUT2D eigenvalue weighted by molar-refractivity contribution is 4.58. The lowest BCUT2D eigenvalue weighted by Crippen LogP contribution is -2.28. The van der Waals surface area contributed by atoms with Crippen LogP contribution < -0.4 is 5.32 Å². The van der Waals surface area contributed by atoms with Crippen molar-refractivity contribution in [1.82, 2.24) is 5.32 Å². The quantitative estimate of drug-likeness (QED) is 0.568. The summed E-state index contributed by atoms with van der Waals surface area (Å²) in [7, 11) is 0. The Bertz CT molecular complexity index is 85.9. The lowest BCUT2D eigenvalue weighted by Gasteiger charge is -2.15. The molecule has 0 aromatic carbocycles. The number of nitrogens with one attached hydrogen (secondary N) is 1. The molecule has 0 radical (unpaired) electrons. The lowest BCUT2D eigenvalue weighted by atomic mass is 10.2. The van der Waals surface area contributed by atoms with Crippen LogP contribution in [0.5, 0.6) is 0 Å². The van der Waals surface area contributed by atoms with Gasteiger partial charge in [0.1, 0.15) is 0 Å². The molecular formula is C10H23NO. The first-order valence-electron chi connectivity index (χ1n) is 5.17. The monoisotopic (exact) mass is 173 g/mol. The van der Waals surface area contributed by atoms with Crippen LogP contribution in [0.15, 0.2) is 0 Å². The summed E-state index contributed by atoms with van der Waals surface area (Å²) in [6.07, 6.45) is 3.92. The van der Waals surface area contributed by atoms with Crippen LogP contribution >= 0.6 is 0 Å². The molecule has 0 rings (SSSR count). The molecule has 0 aliphatic carbocycles. The molecule has 12 heavy (non-hydrogen) atoms. The first-order chi connectivity index (χ1) is 5.85. The zero-order valence-corrected chi connectivity index (χ0v) is 8.73. The summed E-state index contributed by atoms with van der Waals surface area (Å²) in [5.74, 6) is 0. The van der Waals surface area contributed by atoms with Crippen LogP contribution in [0.3, 0.4) is 0 Å². The molecule has 1 atom stereocenters. The number of ether oxygens (including phenoxy) is 1. The van der Waals surface area contributed by atoms with Crippen molar-refractivity contribution in [3.8, 4) is 0 Å². The fraction of sp³-hybridized carbons (Fsp3) is 1.00. The smallest absolute Gasteiger partial charge is 0.0696 e. The van der Waals surface area contributed by atoms with Gasteiger partial charge in [-0.25, -0.2) is 0 Å². The molecule has 2 nitrogen and oxygen atoms in total. The Morgan fingerprint density at radius 1 is 1.25 bits per heavy atom. The fourth-order valence-corrected chi connectivity index (χ4v) is 1.02. The van der Waals surface area contributed by atoms with Crippen molar-refractivity contribution in [1.29, 1.82) is 0 Å². The second-order valence-corrected chi connectivity index (χ2v) is 3.06. The molecule has 74 valence electrons. The van der Waals surface area contributed by atoms with Gasteiger partial charge in [0, 0.05) is 13.2 Å². The zero-order valence-electron chi connectivity index (χ0n) is 8.73. The maximum atomic E-state index is 5.67. The molecule has 0 aromatic heterocycles. The molecule has 2 heteroatoms. The molecule has 0 amide bonds. The lowest BCUT2D eigenvalue weighted by molar-refractivity contribution is 0.0493. The van der Waals surface area contributed by atoms with E-state index < -0.39 is 0 Å². The molecule has 1 unspecified atom stereocenters. The Kier molecular flexibility index (Phi) is 8.95. The SMILES string of the molecule is CCCCOC(CC)CNCC. The first kappa shape index (κ1) is 11.9. The van der Waals surface area contributed by atoms with Gasteiger partial charge >= 0.3 is 0 Å². The van der Waals surface area contributed by atoms with E-state index in [4.69, 9.17) is 4.74 Å². The molecule has 0 aliphatic heterocycles. The molecule has 1 N–H and O–H groups in total. The molecule has 0 fully saturated rings. The summed E-state index contributed by atoms with van der Waals surface area (Å²) in [6, 6.07) is 0. The highest BCUT2D eigenvalue weighted by Gasteiger charge is 2.03. The topological polar surface area (TPSA) is 21.3 Å². The minimum Gasteiger partial charge on any atom is -0.377 e. The normalized spacial score (nSPS) is 13.2. The van der Waals surface area contributed by atoms with Gasteiger partial charge in [-0.05, 0) is 19.4 Å². The highest BCUT2D eigenvalue weighted by atomic mass is 16.5. The summed E-state index contributed by atoms with van der Waals surface area (Å²) >= 11 is 0. The predicted octanol–water partition coefficient (Wildman–Crippen LogP) is 2.19. The van der Waals surface area contributed by atoms with E-state index in [-0.39, 0.29) is 0 Å². The average Bonchev–Trinajstić information content (AvgIpc) is 2.11. The van der Waals surface area contributed by atoms with Crippen LogP contribution in [0.2, 0.25) is 0 Å². The Morgan fingerprint density at radius 2 is 2.00 bits per heavy atom. The van der Waals surface area contributed by atoms with Crippen molar-refractivity contribution in [2.45, 2.75) is 46.1 Å². The Hall–Kier alpha value is -0.0800. The summed E-state index contributed by atoms with van der Waals surface area (Å²) in [6.45, 7) is 9.44. The largest absolute Gasteiger partial charge is 0.377 e. The van der Waals surface area contributed by atoms with Gasteiger partial charge in [-0.2, -0.15) is 0 Å². The van der Waals surface area contributed by atoms with E-state index in [0.717, 1.165) is 26.1 Å². The second kappa shape index (κ2) is 9.01. The van der Waals surface area contributed by atoms with E-state index in [1.165, 1.54) is 12.8 Å². The van der Waals surface area contributed by atoms with Crippen LogP contribution in [0.25, 0.3) is 0 Å². The first-order valence-corrected chi connectivity index (χ1v) is 5.17. The van der Waals surface area contributed by atoms with Crippen molar-refractivity contribution in [2.75, 3.05) is 19.7 Å². The van der Waals surface area contributed by atoms with Gasteiger partial charge in [0.05, 0.1) is 6.10 Å². The highest BCUT2D eigenvalue weighted by Crippen LogP contribution is 1.98. The van der Waals surface area contributed by atoms with Crippen LogP contribution in [-0.2, 0) is 4.74 Å². The standard InChI is InChI=1S/C10H23NO/c1-4-7-8-12-10(5-2)9-11-6-3/h10-11H,4-9H2,1-3H3. The third kappa shape index (κ3) is 6.62. The van der Waals surface area contributed by atoms with Crippen molar-refractivity contribution >= 4 is 0 Å². The van der Waals surface area contributed by atoms with E-state index in [9.17, 15) is 0 Å². The van der Waals surface area contributed by atoms with E-state index >= 15 is 0 Å². The molecular weight excluding hydrogens is 150 g/mol. The summed E-state index contributed by atoms with van der Waals surface area (Å²) in [4.78, 5) is 0. The van der Waals surface area contributed by atoms with E-state index in [1.807, 2.05) is 0 Å². The maximum absolute atomic E-state index is 5.67. The number of likely N-dealkylation sites (N-methyl/N-ethyl adjacent to an activating group) is 1. The average molecular weight is 173 g/mol. The van der Waals surface area contributed by atoms with Gasteiger partial charge in [-0.15, -0.1) is 0 Å². The molecule has 0 spiro atoms. The molecule has 0 aromatic rings. The Morgan fingerprint density at radius 3 is 2.50 bits per heavy atom. The summed E-state index contributed by atoms with van der Waals surface area (Å²) in [5, 5.41) is 3.30. The van der Waals surface area contributed by atoms with Gasteiger partial charge in [0.2, 0.25) is 0 Å². The summed E-state index contributed by atoms with van der Waals surface area (Å²) < 4.78 is 5.67. The van der Waals surface area contributed by atoms with E-state index in [2.05, 4.69) is 26.1 Å². The van der Waals surface area contributed by atoms with Gasteiger partial charge in [0.25, 0.3) is 0 Å². The third-order valence-corrected chi connectivity index (χ3v) is 1.93. The minimum atomic E-state index is 0.413. The van der Waals surface area contributed by atoms with Crippen LogP contribution in [0.4, 0.5) is 0 Å². The zero-order chi connectivity index (χ0) is 9.23. The third-order valence-electron chi connectivity index (χ3n) is 1.93. The van der Waals surface area contributed by atoms with Gasteiger partial charge < -0.3 is 10.1 Å². The minimum absolute atomic E-state index is 0.413. The van der Waals surface area contributed by atoms with E-state index in [1.54, 1.807) is 0 Å². The molecule has 0 heterocycles. The maximum Gasteiger partial charge on any atom is 0.0696 e. The number of hydrogen-bond acceptors (Lipinski definition) is 2. The van der Waals surface area contributed by atoms with Crippen molar-refractivity contribution < 1.29 is 4.74 Å². The number of unbranched alkanes of at least 4 members (excludes halogenated alkanes) is 1. The molecule has 0 aliphatic rings. The Labute approximate surface area is 76.7 Å². The van der Waals surface area contributed by atoms with Gasteiger partial charge in [-0.1, -0.05) is 27.2 Å². The molecule has 0 bridgehead atoms. The Balaban J connectivity index is 3.26. The predicted molar refractivity (Wildman–Crippen MR) is 53.5 cm³/mol. The van der Waals surface area contributed by atoms with Crippen LogP contribution in [0, 0.1) is 0 Å². The van der Waals surface area contributed by atoms with Crippen molar-refractivity contribution in [3.05, 3.63) is 0 Å². The summed E-state index contributed by atoms with van der Waals surface area (Å²) in [5.41, 5.74) is 0. The van der Waals surface area contributed by atoms with Gasteiger partial charge in [-0.3, -0.25) is 0 Å². The second-order valence-electron chi connectivity index (χ2n) is 3.06. The van der Waals surface area contributed by atoms with Crippen LogP contribution in [-0.4, -0.2) is 25.8 Å².